The molecular weight excluding hydrogens is 442 g/mol. The van der Waals surface area contributed by atoms with Crippen LogP contribution in [0.25, 0.3) is 0 Å². The zero-order valence-electron chi connectivity index (χ0n) is 19.8. The highest BCUT2D eigenvalue weighted by Crippen LogP contribution is 2.65. The van der Waals surface area contributed by atoms with Crippen LogP contribution in [0.1, 0.15) is 44.2 Å². The lowest BCUT2D eigenvalue weighted by Gasteiger charge is -2.61. The second kappa shape index (κ2) is 6.96. The molecule has 9 nitrogen and oxygen atoms in total. The van der Waals surface area contributed by atoms with E-state index >= 15 is 0 Å². The summed E-state index contributed by atoms with van der Waals surface area (Å²) < 4.78 is 28.5. The van der Waals surface area contributed by atoms with Gasteiger partial charge in [-0.05, 0) is 44.1 Å². The van der Waals surface area contributed by atoms with Crippen LogP contribution < -0.4 is 9.47 Å². The third-order valence-electron chi connectivity index (χ3n) is 8.18. The Hall–Kier alpha value is -2.62. The minimum atomic E-state index is -1.08. The van der Waals surface area contributed by atoms with Gasteiger partial charge in [0, 0.05) is 31.9 Å². The summed E-state index contributed by atoms with van der Waals surface area (Å²) in [4.78, 5) is 27.2. The lowest BCUT2D eigenvalue weighted by molar-refractivity contribution is -0.171. The van der Waals surface area contributed by atoms with Crippen molar-refractivity contribution in [3.05, 3.63) is 35.1 Å². The van der Waals surface area contributed by atoms with Gasteiger partial charge in [-0.15, -0.1) is 0 Å². The lowest BCUT2D eigenvalue weighted by Crippen LogP contribution is -2.74. The van der Waals surface area contributed by atoms with Crippen molar-refractivity contribution in [2.75, 3.05) is 20.7 Å². The maximum Gasteiger partial charge on any atom is 0.338 e. The van der Waals surface area contributed by atoms with E-state index in [1.165, 1.54) is 0 Å². The Morgan fingerprint density at radius 2 is 2.12 bits per heavy atom. The van der Waals surface area contributed by atoms with Crippen LogP contribution in [-0.2, 0) is 35.6 Å². The number of likely N-dealkylation sites (N-methyl/N-ethyl adjacent to an activating group) is 1. The first-order chi connectivity index (χ1) is 16.1. The largest absolute Gasteiger partial charge is 0.493 e. The van der Waals surface area contributed by atoms with Crippen LogP contribution in [0, 0.1) is 0 Å². The van der Waals surface area contributed by atoms with Gasteiger partial charge in [0.1, 0.15) is 5.76 Å². The zero-order valence-corrected chi connectivity index (χ0v) is 19.8. The molecule has 5 atom stereocenters. The first kappa shape index (κ1) is 21.9. The Bertz CT molecular complexity index is 1130. The molecule has 9 heteroatoms. The number of benzene rings is 1. The number of nitrogens with zero attached hydrogens (tertiary/aromatic N) is 1. The molecule has 1 N–H and O–H groups in total. The lowest BCUT2D eigenvalue weighted by atomic mass is 9.50. The van der Waals surface area contributed by atoms with E-state index in [9.17, 15) is 14.7 Å². The molecule has 34 heavy (non-hydrogen) atoms. The predicted octanol–water partition coefficient (Wildman–Crippen LogP) is 1.58. The Kier molecular flexibility index (Phi) is 4.48. The highest BCUT2D eigenvalue weighted by Gasteiger charge is 2.72. The van der Waals surface area contributed by atoms with Gasteiger partial charge in [0.25, 0.3) is 0 Å². The molecule has 0 aromatic heterocycles. The number of ether oxygens (including phenoxy) is 5. The summed E-state index contributed by atoms with van der Waals surface area (Å²) in [6.45, 7) is 4.02. The van der Waals surface area contributed by atoms with Gasteiger partial charge in [-0.25, -0.2) is 4.79 Å². The maximum absolute atomic E-state index is 12.9. The van der Waals surface area contributed by atoms with E-state index in [0.717, 1.165) is 17.7 Å². The number of methoxy groups -OCH3 is 1. The topological polar surface area (TPSA) is 104 Å². The van der Waals surface area contributed by atoms with Gasteiger partial charge >= 0.3 is 11.9 Å². The maximum atomic E-state index is 12.9. The number of piperidine rings is 1. The Morgan fingerprint density at radius 3 is 2.82 bits per heavy atom. The van der Waals surface area contributed by atoms with Crippen LogP contribution in [-0.4, -0.2) is 72.3 Å². The van der Waals surface area contributed by atoms with E-state index < -0.39 is 40.9 Å². The molecule has 2 fully saturated rings. The number of likely N-dealkylation sites (tertiary alicyclic amines) is 1. The highest BCUT2D eigenvalue weighted by molar-refractivity contribution is 5.83. The summed E-state index contributed by atoms with van der Waals surface area (Å²) in [5.74, 6) is -0.709. The molecule has 0 amide bonds. The number of carbonyl (C=O) groups is 2. The summed E-state index contributed by atoms with van der Waals surface area (Å²) in [6, 6.07) is 3.85. The SMILES string of the molecule is COc1ccc2c3c1O[C@H]1C(OC(=O)C[C@H]4OC(C)(C)OC4=O)=CC[C@@]4(O)[C@H](C2)N(C)CC[C@]314. The normalized spacial score (nSPS) is 36.8. The molecule has 2 saturated heterocycles. The molecule has 1 spiro atoms. The van der Waals surface area contributed by atoms with Crippen LogP contribution in [0.5, 0.6) is 11.5 Å². The number of carbonyl (C=O) groups excluding carboxylic acids is 2. The van der Waals surface area contributed by atoms with E-state index in [1.54, 1.807) is 27.0 Å². The summed E-state index contributed by atoms with van der Waals surface area (Å²) in [5.41, 5.74) is 0.260. The summed E-state index contributed by atoms with van der Waals surface area (Å²) >= 11 is 0. The Labute approximate surface area is 197 Å². The molecule has 1 aromatic carbocycles. The van der Waals surface area contributed by atoms with Gasteiger partial charge in [0.2, 0.25) is 5.79 Å². The van der Waals surface area contributed by atoms with Crippen molar-refractivity contribution in [1.82, 2.24) is 4.90 Å². The highest BCUT2D eigenvalue weighted by atomic mass is 16.8. The Balaban J connectivity index is 1.36. The van der Waals surface area contributed by atoms with Crippen LogP contribution >= 0.6 is 0 Å². The van der Waals surface area contributed by atoms with E-state index in [1.807, 2.05) is 19.2 Å². The molecule has 0 radical (unpaired) electrons. The minimum absolute atomic E-state index is 0.0865. The van der Waals surface area contributed by atoms with Gasteiger partial charge in [0.05, 0.1) is 24.5 Å². The second-order valence-electron chi connectivity index (χ2n) is 10.4. The van der Waals surface area contributed by atoms with Crippen LogP contribution in [0.4, 0.5) is 0 Å². The molecule has 0 unspecified atom stereocenters. The Morgan fingerprint density at radius 1 is 1.32 bits per heavy atom. The predicted molar refractivity (Wildman–Crippen MR) is 117 cm³/mol. The van der Waals surface area contributed by atoms with Crippen molar-refractivity contribution in [2.45, 2.75) is 74.6 Å². The van der Waals surface area contributed by atoms with Gasteiger partial charge < -0.3 is 33.7 Å². The molecule has 0 saturated carbocycles. The number of hydrogen-bond donors (Lipinski definition) is 1. The molecule has 3 heterocycles. The van der Waals surface area contributed by atoms with Crippen molar-refractivity contribution in [3.63, 3.8) is 0 Å². The number of hydrogen-bond acceptors (Lipinski definition) is 9. The van der Waals surface area contributed by atoms with Crippen molar-refractivity contribution in [1.29, 1.82) is 0 Å². The van der Waals surface area contributed by atoms with Crippen LogP contribution in [0.3, 0.4) is 0 Å². The zero-order chi connectivity index (χ0) is 24.0. The number of esters is 2. The summed E-state index contributed by atoms with van der Waals surface area (Å²) in [6.07, 6.45) is 1.48. The molecule has 6 rings (SSSR count). The fourth-order valence-corrected chi connectivity index (χ4v) is 6.76. The third kappa shape index (κ3) is 2.71. The average Bonchev–Trinajstić information content (AvgIpc) is 3.25. The standard InChI is InChI=1S/C25H29NO8/c1-23(2)33-16(22(28)34-23)12-18(27)31-15-7-8-25(29)17-11-13-5-6-14(30-4)20-19(13)24(25,21(15)32-20)9-10-26(17)3/h5-7,16-17,21,29H,8-12H2,1-4H3/t16-,17+,21+,24+,25-/m1/s1. The fourth-order valence-electron chi connectivity index (χ4n) is 6.76. The van der Waals surface area contributed by atoms with Crippen LogP contribution in [0.2, 0.25) is 0 Å². The van der Waals surface area contributed by atoms with Crippen molar-refractivity contribution < 1.29 is 38.4 Å². The molecule has 3 aliphatic heterocycles. The van der Waals surface area contributed by atoms with Crippen molar-refractivity contribution in [3.8, 4) is 11.5 Å². The monoisotopic (exact) mass is 471 g/mol. The molecule has 2 bridgehead atoms. The van der Waals surface area contributed by atoms with Crippen LogP contribution in [0.15, 0.2) is 24.0 Å². The van der Waals surface area contributed by atoms with Gasteiger partial charge in [0.15, 0.2) is 23.7 Å². The molecule has 1 aromatic rings. The molecule has 5 aliphatic rings. The molecule has 182 valence electrons. The van der Waals surface area contributed by atoms with Gasteiger partial charge in [-0.2, -0.15) is 0 Å². The summed E-state index contributed by atoms with van der Waals surface area (Å²) in [5, 5.41) is 12.2. The first-order valence-electron chi connectivity index (χ1n) is 11.7. The van der Waals surface area contributed by atoms with Gasteiger partial charge in [-0.1, -0.05) is 6.07 Å². The van der Waals surface area contributed by atoms with Crippen molar-refractivity contribution in [2.24, 2.45) is 0 Å². The smallest absolute Gasteiger partial charge is 0.338 e. The number of aliphatic hydroxyl groups is 1. The van der Waals surface area contributed by atoms with E-state index in [-0.39, 0.29) is 12.5 Å². The van der Waals surface area contributed by atoms with Gasteiger partial charge in [-0.3, -0.25) is 4.79 Å². The van der Waals surface area contributed by atoms with Crippen molar-refractivity contribution >= 4 is 11.9 Å². The second-order valence-corrected chi connectivity index (χ2v) is 10.4. The molecular formula is C25H29NO8. The number of cyclic esters (lactones) is 1. The summed E-state index contributed by atoms with van der Waals surface area (Å²) in [7, 11) is 3.63. The molecule has 2 aliphatic carbocycles. The average molecular weight is 472 g/mol. The third-order valence-corrected chi connectivity index (χ3v) is 8.18. The van der Waals surface area contributed by atoms with E-state index in [0.29, 0.717) is 36.5 Å². The number of rotatable bonds is 4. The fraction of sp³-hybridized carbons (Fsp3) is 0.600. The minimum Gasteiger partial charge on any atom is -0.493 e. The quantitative estimate of drug-likeness (QED) is 0.656. The van der Waals surface area contributed by atoms with E-state index in [4.69, 9.17) is 23.7 Å². The first-order valence-corrected chi connectivity index (χ1v) is 11.7. The van der Waals surface area contributed by atoms with E-state index in [2.05, 4.69) is 4.90 Å².